The third kappa shape index (κ3) is 2.34. The van der Waals surface area contributed by atoms with Gasteiger partial charge in [-0.05, 0) is 11.4 Å². The fraction of sp³-hybridized carbons (Fsp3) is 0.444. The van der Waals surface area contributed by atoms with Crippen LogP contribution >= 0.6 is 11.3 Å². The van der Waals surface area contributed by atoms with Gasteiger partial charge < -0.3 is 14.6 Å². The van der Waals surface area contributed by atoms with Gasteiger partial charge in [0.2, 0.25) is 10.0 Å². The van der Waals surface area contributed by atoms with E-state index in [4.69, 9.17) is 4.74 Å². The van der Waals surface area contributed by atoms with Crippen LogP contribution in [0.3, 0.4) is 0 Å². The molecular weight excluding hydrogens is 266 g/mol. The molecule has 1 fully saturated rings. The first-order valence-corrected chi connectivity index (χ1v) is 7.22. The first-order valence-electron chi connectivity index (χ1n) is 4.90. The number of carboxylic acid groups (broad SMARTS) is 1. The third-order valence-electron chi connectivity index (χ3n) is 2.40. The van der Waals surface area contributed by atoms with Crippen molar-refractivity contribution in [3.8, 4) is 0 Å². The molecule has 1 saturated heterocycles. The highest BCUT2D eigenvalue weighted by Gasteiger charge is 2.29. The maximum absolute atomic E-state index is 12.2. The molecule has 0 atom stereocenters. The molecule has 17 heavy (non-hydrogen) atoms. The molecule has 1 aromatic rings. The van der Waals surface area contributed by atoms with Gasteiger partial charge in [-0.1, -0.05) is 0 Å². The minimum absolute atomic E-state index is 0.190. The standard InChI is InChI=1S/C9H11NO5S2/c11-9(12)8-7(1-6-16-8)17(13,14)10-2-4-15-5-3-10/h1,6H,2-5H2,(H,11,12)/p-1. The summed E-state index contributed by atoms with van der Waals surface area (Å²) in [5.41, 5.74) is 0. The van der Waals surface area contributed by atoms with Crippen molar-refractivity contribution in [2.75, 3.05) is 26.3 Å². The van der Waals surface area contributed by atoms with Crippen molar-refractivity contribution < 1.29 is 23.1 Å². The van der Waals surface area contributed by atoms with Gasteiger partial charge in [-0.3, -0.25) is 0 Å². The Morgan fingerprint density at radius 2 is 2.06 bits per heavy atom. The summed E-state index contributed by atoms with van der Waals surface area (Å²) in [6, 6.07) is 1.29. The van der Waals surface area contributed by atoms with Crippen LogP contribution in [0.5, 0.6) is 0 Å². The molecule has 0 aromatic carbocycles. The fourth-order valence-electron chi connectivity index (χ4n) is 1.58. The zero-order valence-corrected chi connectivity index (χ0v) is 10.4. The number of hydrogen-bond acceptors (Lipinski definition) is 6. The number of rotatable bonds is 3. The smallest absolute Gasteiger partial charge is 0.244 e. The van der Waals surface area contributed by atoms with Gasteiger partial charge >= 0.3 is 0 Å². The van der Waals surface area contributed by atoms with Crippen LogP contribution < -0.4 is 5.11 Å². The molecule has 8 heteroatoms. The number of hydrogen-bond donors (Lipinski definition) is 0. The topological polar surface area (TPSA) is 86.7 Å². The number of ether oxygens (including phenoxy) is 1. The highest BCUT2D eigenvalue weighted by Crippen LogP contribution is 2.25. The zero-order valence-electron chi connectivity index (χ0n) is 8.79. The number of carbonyl (C=O) groups excluding carboxylic acids is 1. The molecule has 1 aliphatic rings. The second kappa shape index (κ2) is 4.73. The number of nitrogens with zero attached hydrogens (tertiary/aromatic N) is 1. The molecule has 0 radical (unpaired) electrons. The third-order valence-corrected chi connectivity index (χ3v) is 5.37. The lowest BCUT2D eigenvalue weighted by Gasteiger charge is -2.26. The van der Waals surface area contributed by atoms with E-state index in [0.717, 1.165) is 11.3 Å². The van der Waals surface area contributed by atoms with E-state index >= 15 is 0 Å². The molecular formula is C9H10NO5S2-. The summed E-state index contributed by atoms with van der Waals surface area (Å²) in [5, 5.41) is 12.2. The molecule has 2 heterocycles. The van der Waals surface area contributed by atoms with Gasteiger partial charge in [0.25, 0.3) is 0 Å². The SMILES string of the molecule is O=C([O-])c1sccc1S(=O)(=O)N1CCOCC1. The van der Waals surface area contributed by atoms with Crippen LogP contribution in [-0.2, 0) is 14.8 Å². The van der Waals surface area contributed by atoms with Gasteiger partial charge in [-0.25, -0.2) is 8.42 Å². The first kappa shape index (κ1) is 12.5. The van der Waals surface area contributed by atoms with Gasteiger partial charge in [0.05, 0.1) is 24.1 Å². The Balaban J connectivity index is 2.37. The second-order valence-electron chi connectivity index (χ2n) is 3.42. The van der Waals surface area contributed by atoms with E-state index in [1.54, 1.807) is 0 Å². The van der Waals surface area contributed by atoms with E-state index in [0.29, 0.717) is 13.2 Å². The predicted molar refractivity (Wildman–Crippen MR) is 58.2 cm³/mol. The maximum atomic E-state index is 12.2. The summed E-state index contributed by atoms with van der Waals surface area (Å²) in [6.45, 7) is 1.13. The van der Waals surface area contributed by atoms with Gasteiger partial charge in [0.15, 0.2) is 0 Å². The highest BCUT2D eigenvalue weighted by molar-refractivity contribution is 7.89. The molecule has 0 spiro atoms. The molecule has 0 saturated carbocycles. The van der Waals surface area contributed by atoms with Crippen molar-refractivity contribution >= 4 is 27.3 Å². The van der Waals surface area contributed by atoms with E-state index in [2.05, 4.69) is 0 Å². The molecule has 2 rings (SSSR count). The fourth-order valence-corrected chi connectivity index (χ4v) is 4.21. The van der Waals surface area contributed by atoms with Crippen molar-refractivity contribution in [2.45, 2.75) is 4.90 Å². The molecule has 1 aliphatic heterocycles. The maximum Gasteiger partial charge on any atom is 0.244 e. The predicted octanol–water partition coefficient (Wildman–Crippen LogP) is -0.867. The number of morpholine rings is 1. The van der Waals surface area contributed by atoms with E-state index in [9.17, 15) is 18.3 Å². The lowest BCUT2D eigenvalue weighted by atomic mass is 10.5. The number of sulfonamides is 1. The minimum atomic E-state index is -3.75. The quantitative estimate of drug-likeness (QED) is 0.716. The number of aromatic carboxylic acids is 1. The average molecular weight is 276 g/mol. The Morgan fingerprint density at radius 1 is 1.41 bits per heavy atom. The lowest BCUT2D eigenvalue weighted by Crippen LogP contribution is -2.41. The monoisotopic (exact) mass is 276 g/mol. The van der Waals surface area contributed by atoms with Crippen molar-refractivity contribution in [1.29, 1.82) is 0 Å². The Hall–Kier alpha value is -0.960. The van der Waals surface area contributed by atoms with Gasteiger partial charge in [-0.2, -0.15) is 4.31 Å². The summed E-state index contributed by atoms with van der Waals surface area (Å²) in [4.78, 5) is 10.4. The summed E-state index contributed by atoms with van der Waals surface area (Å²) in [6.07, 6.45) is 0. The molecule has 0 aliphatic carbocycles. The van der Waals surface area contributed by atoms with E-state index in [1.807, 2.05) is 0 Å². The van der Waals surface area contributed by atoms with Gasteiger partial charge in [0.1, 0.15) is 4.90 Å². The van der Waals surface area contributed by atoms with Crippen LogP contribution in [0.25, 0.3) is 0 Å². The van der Waals surface area contributed by atoms with Gasteiger partial charge in [0, 0.05) is 13.1 Å². The van der Waals surface area contributed by atoms with Crippen molar-refractivity contribution in [1.82, 2.24) is 4.31 Å². The molecule has 6 nitrogen and oxygen atoms in total. The minimum Gasteiger partial charge on any atom is -0.544 e. The van der Waals surface area contributed by atoms with E-state index in [1.165, 1.54) is 15.8 Å². The van der Waals surface area contributed by atoms with Crippen LogP contribution in [0.15, 0.2) is 16.3 Å². The summed E-state index contributed by atoms with van der Waals surface area (Å²) in [5.74, 6) is -1.47. The lowest BCUT2D eigenvalue weighted by molar-refractivity contribution is -0.254. The Labute approximate surface area is 102 Å². The van der Waals surface area contributed by atoms with Crippen LogP contribution in [0, 0.1) is 0 Å². The van der Waals surface area contributed by atoms with Crippen molar-refractivity contribution in [3.05, 3.63) is 16.3 Å². The number of carbonyl (C=O) groups is 1. The molecule has 0 unspecified atom stereocenters. The van der Waals surface area contributed by atoms with Crippen LogP contribution in [-0.4, -0.2) is 45.0 Å². The molecule has 0 N–H and O–H groups in total. The largest absolute Gasteiger partial charge is 0.544 e. The van der Waals surface area contributed by atoms with Crippen LogP contribution in [0.1, 0.15) is 9.67 Å². The molecule has 94 valence electrons. The van der Waals surface area contributed by atoms with Crippen LogP contribution in [0.4, 0.5) is 0 Å². The Kier molecular flexibility index (Phi) is 3.48. The Morgan fingerprint density at radius 3 is 2.65 bits per heavy atom. The van der Waals surface area contributed by atoms with E-state index in [-0.39, 0.29) is 22.9 Å². The molecule has 0 bridgehead atoms. The summed E-state index contributed by atoms with van der Waals surface area (Å²) in [7, 11) is -3.75. The molecule has 0 amide bonds. The summed E-state index contributed by atoms with van der Waals surface area (Å²) < 4.78 is 30.6. The number of carboxylic acids is 1. The Bertz CT molecular complexity index is 515. The van der Waals surface area contributed by atoms with Gasteiger partial charge in [-0.15, -0.1) is 11.3 Å². The van der Waals surface area contributed by atoms with E-state index < -0.39 is 16.0 Å². The first-order chi connectivity index (χ1) is 8.03. The number of thiophene rings is 1. The normalized spacial score (nSPS) is 18.1. The highest BCUT2D eigenvalue weighted by atomic mass is 32.2. The average Bonchev–Trinajstić information content (AvgIpc) is 2.80. The van der Waals surface area contributed by atoms with Crippen molar-refractivity contribution in [3.63, 3.8) is 0 Å². The zero-order chi connectivity index (χ0) is 12.5. The second-order valence-corrected chi connectivity index (χ2v) is 6.24. The van der Waals surface area contributed by atoms with Crippen LogP contribution in [0.2, 0.25) is 0 Å². The molecule has 1 aromatic heterocycles. The summed E-state index contributed by atoms with van der Waals surface area (Å²) >= 11 is 0.849. The van der Waals surface area contributed by atoms with Crippen molar-refractivity contribution in [2.24, 2.45) is 0 Å².